The van der Waals surface area contributed by atoms with E-state index in [1.54, 1.807) is 24.3 Å². The van der Waals surface area contributed by atoms with Crippen LogP contribution in [0.15, 0.2) is 30.3 Å². The van der Waals surface area contributed by atoms with Crippen molar-refractivity contribution in [3.63, 3.8) is 0 Å². The molecule has 2 rings (SSSR count). The number of hydrogen-bond acceptors (Lipinski definition) is 3. The minimum Gasteiger partial charge on any atom is -0.274 e. The van der Waals surface area contributed by atoms with Gasteiger partial charge in [-0.05, 0) is 42.7 Å². The molecular formula is C18H27NO3S. The third-order valence-corrected chi connectivity index (χ3v) is 7.16. The van der Waals surface area contributed by atoms with Gasteiger partial charge in [0.1, 0.15) is 0 Å². The van der Waals surface area contributed by atoms with Gasteiger partial charge >= 0.3 is 0 Å². The van der Waals surface area contributed by atoms with Gasteiger partial charge in [-0.15, -0.1) is 0 Å². The van der Waals surface area contributed by atoms with Gasteiger partial charge in [0, 0.05) is 6.92 Å². The van der Waals surface area contributed by atoms with Crippen LogP contribution < -0.4 is 4.31 Å². The first kappa shape index (κ1) is 18.0. The van der Waals surface area contributed by atoms with Gasteiger partial charge < -0.3 is 0 Å². The molecule has 1 aliphatic rings. The number of hydrogen-bond donors (Lipinski definition) is 0. The number of para-hydroxylation sites is 1. The van der Waals surface area contributed by atoms with E-state index < -0.39 is 21.2 Å². The molecule has 0 heterocycles. The summed E-state index contributed by atoms with van der Waals surface area (Å²) in [6.45, 7) is 7.56. The molecule has 23 heavy (non-hydrogen) atoms. The van der Waals surface area contributed by atoms with E-state index in [4.69, 9.17) is 0 Å². The summed E-state index contributed by atoms with van der Waals surface area (Å²) in [5.74, 6) is 0.305. The van der Waals surface area contributed by atoms with Crippen LogP contribution in [-0.4, -0.2) is 19.6 Å². The highest BCUT2D eigenvalue weighted by Gasteiger charge is 2.43. The van der Waals surface area contributed by atoms with Crippen molar-refractivity contribution in [1.82, 2.24) is 0 Å². The maximum absolute atomic E-state index is 13.3. The lowest BCUT2D eigenvalue weighted by atomic mass is 9.77. The number of amides is 1. The Kier molecular flexibility index (Phi) is 5.50. The number of sulfonamides is 1. The maximum Gasteiger partial charge on any atom is 0.244 e. The first-order chi connectivity index (χ1) is 10.7. The van der Waals surface area contributed by atoms with Crippen molar-refractivity contribution in [2.45, 2.75) is 52.2 Å². The smallest absolute Gasteiger partial charge is 0.244 e. The summed E-state index contributed by atoms with van der Waals surface area (Å²) in [5.41, 5.74) is 0.431. The lowest BCUT2D eigenvalue weighted by molar-refractivity contribution is -0.115. The highest BCUT2D eigenvalue weighted by molar-refractivity contribution is 7.94. The molecule has 0 spiro atoms. The fourth-order valence-electron chi connectivity index (χ4n) is 3.66. The molecule has 4 nitrogen and oxygen atoms in total. The van der Waals surface area contributed by atoms with Gasteiger partial charge in [0.25, 0.3) is 0 Å². The van der Waals surface area contributed by atoms with E-state index in [0.29, 0.717) is 18.0 Å². The molecule has 0 N–H and O–H groups in total. The van der Waals surface area contributed by atoms with Gasteiger partial charge in [-0.25, -0.2) is 12.7 Å². The normalized spacial score (nSPS) is 25.3. The molecule has 0 bridgehead atoms. The van der Waals surface area contributed by atoms with E-state index in [0.717, 1.165) is 17.1 Å². The predicted octanol–water partition coefficient (Wildman–Crippen LogP) is 3.83. The maximum atomic E-state index is 13.3. The van der Waals surface area contributed by atoms with Crippen molar-refractivity contribution in [2.75, 3.05) is 4.31 Å². The molecule has 0 saturated heterocycles. The first-order valence-corrected chi connectivity index (χ1v) is 9.85. The fraction of sp³-hybridized carbons (Fsp3) is 0.611. The van der Waals surface area contributed by atoms with Gasteiger partial charge in [0.15, 0.2) is 0 Å². The average Bonchev–Trinajstić information content (AvgIpc) is 2.47. The highest BCUT2D eigenvalue weighted by atomic mass is 32.2. The Bertz CT molecular complexity index is 639. The molecule has 0 aromatic heterocycles. The molecule has 3 unspecified atom stereocenters. The zero-order chi connectivity index (χ0) is 17.2. The Morgan fingerprint density at radius 1 is 1.17 bits per heavy atom. The minimum atomic E-state index is -3.72. The largest absolute Gasteiger partial charge is 0.274 e. The summed E-state index contributed by atoms with van der Waals surface area (Å²) in [6, 6.07) is 8.67. The third kappa shape index (κ3) is 3.77. The predicted molar refractivity (Wildman–Crippen MR) is 93.7 cm³/mol. The number of carbonyl (C=O) groups excluding carboxylic acids is 1. The molecule has 1 aromatic rings. The van der Waals surface area contributed by atoms with Crippen LogP contribution in [0.1, 0.15) is 47.0 Å². The van der Waals surface area contributed by atoms with Crippen LogP contribution in [0.2, 0.25) is 0 Å². The number of carbonyl (C=O) groups is 1. The summed E-state index contributed by atoms with van der Waals surface area (Å²) >= 11 is 0. The van der Waals surface area contributed by atoms with Crippen molar-refractivity contribution >= 4 is 21.6 Å². The third-order valence-electron chi connectivity index (χ3n) is 4.88. The van der Waals surface area contributed by atoms with Crippen LogP contribution in [-0.2, 0) is 14.8 Å². The quantitative estimate of drug-likeness (QED) is 0.839. The lowest BCUT2D eigenvalue weighted by Gasteiger charge is -2.39. The second kappa shape index (κ2) is 7.04. The summed E-state index contributed by atoms with van der Waals surface area (Å²) in [6.07, 6.45) is 2.59. The van der Waals surface area contributed by atoms with Crippen LogP contribution in [0.25, 0.3) is 0 Å². The zero-order valence-corrected chi connectivity index (χ0v) is 15.2. The fourth-order valence-corrected chi connectivity index (χ4v) is 6.17. The SMILES string of the molecule is CC(=O)N(c1ccccc1)S(=O)(=O)C1CC(C)CCC1C(C)C. The number of benzene rings is 1. The van der Waals surface area contributed by atoms with Crippen LogP contribution in [0, 0.1) is 17.8 Å². The summed E-state index contributed by atoms with van der Waals surface area (Å²) in [5, 5.41) is -0.490. The van der Waals surface area contributed by atoms with Crippen LogP contribution in [0.3, 0.4) is 0 Å². The Morgan fingerprint density at radius 3 is 2.30 bits per heavy atom. The van der Waals surface area contributed by atoms with Crippen molar-refractivity contribution < 1.29 is 13.2 Å². The van der Waals surface area contributed by atoms with E-state index in [1.807, 2.05) is 6.07 Å². The van der Waals surface area contributed by atoms with E-state index in [1.165, 1.54) is 6.92 Å². The Balaban J connectivity index is 2.45. The molecule has 0 radical (unpaired) electrons. The molecule has 1 aromatic carbocycles. The molecule has 5 heteroatoms. The molecule has 1 saturated carbocycles. The number of anilines is 1. The molecule has 1 fully saturated rings. The van der Waals surface area contributed by atoms with E-state index in [-0.39, 0.29) is 11.8 Å². The molecule has 0 aliphatic heterocycles. The van der Waals surface area contributed by atoms with Gasteiger partial charge in [-0.3, -0.25) is 4.79 Å². The van der Waals surface area contributed by atoms with Crippen LogP contribution in [0.4, 0.5) is 5.69 Å². The minimum absolute atomic E-state index is 0.0989. The van der Waals surface area contributed by atoms with Gasteiger partial charge in [0.05, 0.1) is 10.9 Å². The van der Waals surface area contributed by atoms with Gasteiger partial charge in [-0.1, -0.05) is 45.4 Å². The topological polar surface area (TPSA) is 54.5 Å². The second-order valence-electron chi connectivity index (χ2n) is 7.03. The van der Waals surface area contributed by atoms with Crippen molar-refractivity contribution in [3.05, 3.63) is 30.3 Å². The van der Waals surface area contributed by atoms with Crippen LogP contribution in [0.5, 0.6) is 0 Å². The second-order valence-corrected chi connectivity index (χ2v) is 9.03. The van der Waals surface area contributed by atoms with Crippen molar-refractivity contribution in [2.24, 2.45) is 17.8 Å². The van der Waals surface area contributed by atoms with E-state index in [2.05, 4.69) is 20.8 Å². The summed E-state index contributed by atoms with van der Waals surface area (Å²) in [7, 11) is -3.72. The number of nitrogens with zero attached hydrogens (tertiary/aromatic N) is 1. The highest BCUT2D eigenvalue weighted by Crippen LogP contribution is 2.39. The van der Waals surface area contributed by atoms with E-state index >= 15 is 0 Å². The Hall–Kier alpha value is -1.36. The van der Waals surface area contributed by atoms with Crippen molar-refractivity contribution in [3.8, 4) is 0 Å². The van der Waals surface area contributed by atoms with E-state index in [9.17, 15) is 13.2 Å². The standard InChI is InChI=1S/C18H27NO3S/c1-13(2)17-11-10-14(3)12-18(17)23(21,22)19(15(4)20)16-8-6-5-7-9-16/h5-9,13-14,17-18H,10-12H2,1-4H3. The summed E-state index contributed by atoms with van der Waals surface area (Å²) < 4.78 is 27.6. The Morgan fingerprint density at radius 2 is 1.78 bits per heavy atom. The summed E-state index contributed by atoms with van der Waals surface area (Å²) in [4.78, 5) is 12.1. The van der Waals surface area contributed by atoms with Gasteiger partial charge in [-0.2, -0.15) is 0 Å². The zero-order valence-electron chi connectivity index (χ0n) is 14.4. The van der Waals surface area contributed by atoms with Crippen molar-refractivity contribution in [1.29, 1.82) is 0 Å². The molecule has 128 valence electrons. The number of rotatable bonds is 4. The van der Waals surface area contributed by atoms with Crippen LogP contribution >= 0.6 is 0 Å². The molecule has 3 atom stereocenters. The van der Waals surface area contributed by atoms with Gasteiger partial charge in [0.2, 0.25) is 15.9 Å². The lowest BCUT2D eigenvalue weighted by Crippen LogP contribution is -2.48. The monoisotopic (exact) mass is 337 g/mol. The Labute approximate surface area is 139 Å². The average molecular weight is 337 g/mol. The molecule has 1 aliphatic carbocycles. The molecule has 1 amide bonds. The first-order valence-electron chi connectivity index (χ1n) is 8.35. The molecular weight excluding hydrogens is 310 g/mol.